The van der Waals surface area contributed by atoms with E-state index in [1.807, 2.05) is 19.1 Å². The van der Waals surface area contributed by atoms with Crippen LogP contribution in [0.5, 0.6) is 0 Å². The zero-order valence-electron chi connectivity index (χ0n) is 11.3. The number of likely N-dealkylation sites (tertiary alicyclic amines) is 1. The molecule has 2 aliphatic heterocycles. The molecule has 0 aromatic heterocycles. The van der Waals surface area contributed by atoms with Crippen LogP contribution in [0.25, 0.3) is 0 Å². The minimum atomic E-state index is 0.151. The third-order valence-corrected chi connectivity index (χ3v) is 4.67. The minimum Gasteiger partial charge on any atom is -0.331 e. The Morgan fingerprint density at radius 2 is 2.21 bits per heavy atom. The summed E-state index contributed by atoms with van der Waals surface area (Å²) in [7, 11) is 0. The Labute approximate surface area is 118 Å². The number of carbonyl (C=O) groups excluding carboxylic acids is 1. The molecule has 2 saturated heterocycles. The molecule has 4 heteroatoms. The van der Waals surface area contributed by atoms with E-state index >= 15 is 0 Å². The number of hydrogen-bond donors (Lipinski definition) is 1. The van der Waals surface area contributed by atoms with E-state index in [9.17, 15) is 4.79 Å². The number of fused-ring (bicyclic) bond motifs is 1. The smallest absolute Gasteiger partial charge is 0.254 e. The second-order valence-electron chi connectivity index (χ2n) is 5.74. The molecule has 2 heterocycles. The van der Waals surface area contributed by atoms with Crippen molar-refractivity contribution in [1.82, 2.24) is 10.2 Å². The molecule has 2 aliphatic rings. The summed E-state index contributed by atoms with van der Waals surface area (Å²) in [5.74, 6) is 0.768. The molecule has 3 nitrogen and oxygen atoms in total. The number of hydrogen-bond acceptors (Lipinski definition) is 2. The van der Waals surface area contributed by atoms with E-state index in [1.54, 1.807) is 6.07 Å². The Bertz CT molecular complexity index is 517. The number of nitrogens with zero attached hydrogens (tertiary/aromatic N) is 1. The van der Waals surface area contributed by atoms with Crippen molar-refractivity contribution in [2.24, 2.45) is 5.92 Å². The van der Waals surface area contributed by atoms with Gasteiger partial charge in [0.25, 0.3) is 5.91 Å². The van der Waals surface area contributed by atoms with Gasteiger partial charge in [-0.25, -0.2) is 0 Å². The number of halogens is 1. The molecule has 3 unspecified atom stereocenters. The highest BCUT2D eigenvalue weighted by atomic mass is 35.5. The van der Waals surface area contributed by atoms with Gasteiger partial charge in [-0.3, -0.25) is 4.79 Å². The first-order valence-corrected chi connectivity index (χ1v) is 7.25. The molecule has 0 aliphatic carbocycles. The molecule has 102 valence electrons. The van der Waals surface area contributed by atoms with E-state index in [2.05, 4.69) is 17.1 Å². The third-order valence-electron chi connectivity index (χ3n) is 4.43. The lowest BCUT2D eigenvalue weighted by molar-refractivity contribution is 0.0681. The molecule has 3 atom stereocenters. The largest absolute Gasteiger partial charge is 0.331 e. The van der Waals surface area contributed by atoms with Crippen molar-refractivity contribution in [1.29, 1.82) is 0 Å². The quantitative estimate of drug-likeness (QED) is 0.856. The van der Waals surface area contributed by atoms with Crippen molar-refractivity contribution in [3.63, 3.8) is 0 Å². The molecular weight excluding hydrogens is 260 g/mol. The first-order valence-electron chi connectivity index (χ1n) is 6.87. The normalized spacial score (nSPS) is 29.6. The van der Waals surface area contributed by atoms with Gasteiger partial charge >= 0.3 is 0 Å². The second kappa shape index (κ2) is 4.80. The first-order chi connectivity index (χ1) is 9.08. The lowest BCUT2D eigenvalue weighted by Gasteiger charge is -2.28. The van der Waals surface area contributed by atoms with E-state index in [1.165, 1.54) is 0 Å². The van der Waals surface area contributed by atoms with Crippen LogP contribution in [0.1, 0.15) is 29.3 Å². The van der Waals surface area contributed by atoms with Crippen LogP contribution < -0.4 is 5.32 Å². The maximum absolute atomic E-state index is 12.8. The van der Waals surface area contributed by atoms with Crippen LogP contribution in [0, 0.1) is 12.8 Å². The van der Waals surface area contributed by atoms with E-state index in [0.717, 1.165) is 30.6 Å². The van der Waals surface area contributed by atoms with Gasteiger partial charge in [-0.05, 0) is 49.9 Å². The number of amides is 1. The maximum Gasteiger partial charge on any atom is 0.254 e. The Hall–Kier alpha value is -1.06. The summed E-state index contributed by atoms with van der Waals surface area (Å²) in [4.78, 5) is 14.9. The van der Waals surface area contributed by atoms with E-state index < -0.39 is 0 Å². The predicted octanol–water partition coefficient (Wildman–Crippen LogP) is 2.47. The zero-order valence-corrected chi connectivity index (χ0v) is 12.1. The maximum atomic E-state index is 12.8. The number of aryl methyl sites for hydroxylation is 1. The topological polar surface area (TPSA) is 32.3 Å². The fraction of sp³-hybridized carbons (Fsp3) is 0.533. The molecule has 0 saturated carbocycles. The fourth-order valence-electron chi connectivity index (χ4n) is 3.52. The highest BCUT2D eigenvalue weighted by molar-refractivity contribution is 6.30. The summed E-state index contributed by atoms with van der Waals surface area (Å²) < 4.78 is 0. The summed E-state index contributed by atoms with van der Waals surface area (Å²) in [6.07, 6.45) is 1.11. The summed E-state index contributed by atoms with van der Waals surface area (Å²) in [6, 6.07) is 6.20. The van der Waals surface area contributed by atoms with Crippen molar-refractivity contribution in [2.45, 2.75) is 32.4 Å². The molecule has 1 N–H and O–H groups in total. The van der Waals surface area contributed by atoms with Crippen LogP contribution in [0.3, 0.4) is 0 Å². The standard InChI is InChI=1S/C15H19ClN2O/c1-9-5-12(16)3-4-13(9)15(19)18-10(2)6-11-7-17-8-14(11)18/h3-5,10-11,14,17H,6-8H2,1-2H3. The van der Waals surface area contributed by atoms with Gasteiger partial charge in [0, 0.05) is 35.8 Å². The Balaban J connectivity index is 1.90. The number of carbonyl (C=O) groups is 1. The first kappa shape index (κ1) is 12.9. The Morgan fingerprint density at radius 1 is 1.42 bits per heavy atom. The van der Waals surface area contributed by atoms with Crippen LogP contribution in [-0.2, 0) is 0 Å². The molecule has 2 fully saturated rings. The van der Waals surface area contributed by atoms with Crippen LogP contribution in [0.15, 0.2) is 18.2 Å². The van der Waals surface area contributed by atoms with E-state index in [4.69, 9.17) is 11.6 Å². The molecule has 19 heavy (non-hydrogen) atoms. The molecule has 0 radical (unpaired) electrons. The zero-order chi connectivity index (χ0) is 13.6. The van der Waals surface area contributed by atoms with Crippen molar-refractivity contribution < 1.29 is 4.79 Å². The minimum absolute atomic E-state index is 0.151. The lowest BCUT2D eigenvalue weighted by atomic mass is 10.0. The average Bonchev–Trinajstić information content (AvgIpc) is 2.87. The summed E-state index contributed by atoms with van der Waals surface area (Å²) in [5.41, 5.74) is 1.74. The molecular formula is C15H19ClN2O. The summed E-state index contributed by atoms with van der Waals surface area (Å²) in [6.45, 7) is 6.07. The molecule has 0 spiro atoms. The van der Waals surface area contributed by atoms with Gasteiger partial charge in [0.15, 0.2) is 0 Å². The van der Waals surface area contributed by atoms with Gasteiger partial charge in [0.05, 0.1) is 0 Å². The number of benzene rings is 1. The fourth-order valence-corrected chi connectivity index (χ4v) is 3.75. The molecule has 1 aromatic rings. The SMILES string of the molecule is Cc1cc(Cl)ccc1C(=O)N1C(C)CC2CNCC21. The molecule has 3 rings (SSSR count). The number of rotatable bonds is 1. The summed E-state index contributed by atoms with van der Waals surface area (Å²) >= 11 is 5.96. The summed E-state index contributed by atoms with van der Waals surface area (Å²) in [5, 5.41) is 4.07. The predicted molar refractivity (Wildman–Crippen MR) is 76.6 cm³/mol. The Morgan fingerprint density at radius 3 is 2.95 bits per heavy atom. The third kappa shape index (κ3) is 2.15. The molecule has 0 bridgehead atoms. The van der Waals surface area contributed by atoms with Gasteiger partial charge in [-0.1, -0.05) is 11.6 Å². The highest BCUT2D eigenvalue weighted by Crippen LogP contribution is 2.33. The van der Waals surface area contributed by atoms with Crippen molar-refractivity contribution in [3.05, 3.63) is 34.3 Å². The van der Waals surface area contributed by atoms with E-state index in [0.29, 0.717) is 23.0 Å². The number of nitrogens with one attached hydrogen (secondary N) is 1. The lowest BCUT2D eigenvalue weighted by Crippen LogP contribution is -2.43. The van der Waals surface area contributed by atoms with Gasteiger partial charge < -0.3 is 10.2 Å². The highest BCUT2D eigenvalue weighted by Gasteiger charge is 2.44. The van der Waals surface area contributed by atoms with Gasteiger partial charge in [-0.2, -0.15) is 0 Å². The van der Waals surface area contributed by atoms with Crippen molar-refractivity contribution in [2.75, 3.05) is 13.1 Å². The van der Waals surface area contributed by atoms with Crippen LogP contribution in [-0.4, -0.2) is 36.0 Å². The van der Waals surface area contributed by atoms with E-state index in [-0.39, 0.29) is 5.91 Å². The molecule has 1 aromatic carbocycles. The van der Waals surface area contributed by atoms with Gasteiger partial charge in [0.1, 0.15) is 0 Å². The van der Waals surface area contributed by atoms with Crippen LogP contribution in [0.2, 0.25) is 5.02 Å². The monoisotopic (exact) mass is 278 g/mol. The van der Waals surface area contributed by atoms with Gasteiger partial charge in [-0.15, -0.1) is 0 Å². The van der Waals surface area contributed by atoms with Gasteiger partial charge in [0.2, 0.25) is 0 Å². The Kier molecular flexibility index (Phi) is 3.27. The van der Waals surface area contributed by atoms with Crippen molar-refractivity contribution in [3.8, 4) is 0 Å². The van der Waals surface area contributed by atoms with Crippen LogP contribution >= 0.6 is 11.6 Å². The average molecular weight is 279 g/mol. The van der Waals surface area contributed by atoms with Crippen LogP contribution in [0.4, 0.5) is 0 Å². The second-order valence-corrected chi connectivity index (χ2v) is 6.18. The molecule has 1 amide bonds. The van der Waals surface area contributed by atoms with Crippen molar-refractivity contribution >= 4 is 17.5 Å².